The van der Waals surface area contributed by atoms with Gasteiger partial charge in [-0.15, -0.1) is 0 Å². The number of pyridine rings is 1. The van der Waals surface area contributed by atoms with E-state index in [1.165, 1.54) is 5.56 Å². The van der Waals surface area contributed by atoms with E-state index in [9.17, 15) is 4.79 Å². The largest absolute Gasteiger partial charge is 0.478 e. The van der Waals surface area contributed by atoms with E-state index in [-0.39, 0.29) is 5.56 Å². The van der Waals surface area contributed by atoms with Gasteiger partial charge in [0.25, 0.3) is 0 Å². The monoisotopic (exact) mass is 284 g/mol. The standard InChI is InChI=1S/C17H20N2O2/c1-3-12-5-7-13(8-6-12)11-18-16-10-14(17(20)21)9-15(4-2)19-16/h5-10H,3-4,11H2,1-2H3,(H,18,19)(H,20,21). The first-order valence-electron chi connectivity index (χ1n) is 7.18. The second-order valence-corrected chi connectivity index (χ2v) is 4.91. The van der Waals surface area contributed by atoms with Gasteiger partial charge >= 0.3 is 5.97 Å². The van der Waals surface area contributed by atoms with E-state index in [1.807, 2.05) is 6.92 Å². The van der Waals surface area contributed by atoms with Gasteiger partial charge in [-0.3, -0.25) is 0 Å². The van der Waals surface area contributed by atoms with Gasteiger partial charge in [-0.2, -0.15) is 0 Å². The Morgan fingerprint density at radius 3 is 2.33 bits per heavy atom. The molecule has 4 nitrogen and oxygen atoms in total. The lowest BCUT2D eigenvalue weighted by Crippen LogP contribution is -2.06. The molecule has 0 aliphatic carbocycles. The predicted molar refractivity (Wildman–Crippen MR) is 83.7 cm³/mol. The fraction of sp³-hybridized carbons (Fsp3) is 0.294. The number of nitrogens with one attached hydrogen (secondary N) is 1. The van der Waals surface area contributed by atoms with Gasteiger partial charge in [-0.05, 0) is 36.1 Å². The Kier molecular flexibility index (Phi) is 4.93. The number of rotatable bonds is 6. The first kappa shape index (κ1) is 15.0. The quantitative estimate of drug-likeness (QED) is 0.852. The van der Waals surface area contributed by atoms with Crippen molar-refractivity contribution in [2.24, 2.45) is 0 Å². The number of hydrogen-bond donors (Lipinski definition) is 2. The van der Waals surface area contributed by atoms with Crippen LogP contribution in [0.4, 0.5) is 5.82 Å². The van der Waals surface area contributed by atoms with Crippen molar-refractivity contribution < 1.29 is 9.90 Å². The van der Waals surface area contributed by atoms with Gasteiger partial charge in [0.05, 0.1) is 5.56 Å². The van der Waals surface area contributed by atoms with Crippen LogP contribution in [0.5, 0.6) is 0 Å². The number of anilines is 1. The molecule has 0 saturated carbocycles. The van der Waals surface area contributed by atoms with Gasteiger partial charge in [0.2, 0.25) is 0 Å². The number of aryl methyl sites for hydroxylation is 2. The molecule has 0 unspecified atom stereocenters. The van der Waals surface area contributed by atoms with Crippen molar-refractivity contribution in [1.82, 2.24) is 4.98 Å². The Morgan fingerprint density at radius 1 is 1.10 bits per heavy atom. The molecule has 0 aliphatic rings. The summed E-state index contributed by atoms with van der Waals surface area (Å²) >= 11 is 0. The average molecular weight is 284 g/mol. The average Bonchev–Trinajstić information content (AvgIpc) is 2.53. The highest BCUT2D eigenvalue weighted by Gasteiger charge is 2.07. The molecule has 0 atom stereocenters. The summed E-state index contributed by atoms with van der Waals surface area (Å²) in [6.45, 7) is 4.71. The fourth-order valence-corrected chi connectivity index (χ4v) is 2.07. The minimum absolute atomic E-state index is 0.269. The van der Waals surface area contributed by atoms with Crippen molar-refractivity contribution in [1.29, 1.82) is 0 Å². The van der Waals surface area contributed by atoms with Gasteiger partial charge < -0.3 is 10.4 Å². The second kappa shape index (κ2) is 6.88. The van der Waals surface area contributed by atoms with Crippen LogP contribution >= 0.6 is 0 Å². The molecular weight excluding hydrogens is 264 g/mol. The van der Waals surface area contributed by atoms with Crippen LogP contribution in [0.25, 0.3) is 0 Å². The third kappa shape index (κ3) is 4.05. The first-order valence-corrected chi connectivity index (χ1v) is 7.18. The zero-order valence-electron chi connectivity index (χ0n) is 12.4. The van der Waals surface area contributed by atoms with Crippen molar-refractivity contribution in [3.63, 3.8) is 0 Å². The molecule has 2 aromatic rings. The molecular formula is C17H20N2O2. The van der Waals surface area contributed by atoms with Crippen LogP contribution in [0.3, 0.4) is 0 Å². The first-order chi connectivity index (χ1) is 10.1. The van der Waals surface area contributed by atoms with Gasteiger partial charge in [0.15, 0.2) is 0 Å². The molecule has 0 radical (unpaired) electrons. The van der Waals surface area contributed by atoms with Crippen LogP contribution in [0.1, 0.15) is 41.0 Å². The molecule has 0 saturated heterocycles. The van der Waals surface area contributed by atoms with Crippen LogP contribution in [-0.4, -0.2) is 16.1 Å². The van der Waals surface area contributed by atoms with Crippen molar-refractivity contribution in [3.8, 4) is 0 Å². The second-order valence-electron chi connectivity index (χ2n) is 4.91. The molecule has 1 heterocycles. The molecule has 0 aliphatic heterocycles. The summed E-state index contributed by atoms with van der Waals surface area (Å²) in [7, 11) is 0. The van der Waals surface area contributed by atoms with Crippen LogP contribution < -0.4 is 5.32 Å². The number of hydrogen-bond acceptors (Lipinski definition) is 3. The molecule has 1 aromatic carbocycles. The summed E-state index contributed by atoms with van der Waals surface area (Å²) in [5.41, 5.74) is 3.50. The number of carboxylic acids is 1. The number of carbonyl (C=O) groups is 1. The normalized spacial score (nSPS) is 10.4. The summed E-state index contributed by atoms with van der Waals surface area (Å²) in [6, 6.07) is 11.6. The maximum absolute atomic E-state index is 11.1. The van der Waals surface area contributed by atoms with Crippen molar-refractivity contribution >= 4 is 11.8 Å². The molecule has 0 fully saturated rings. The topological polar surface area (TPSA) is 62.2 Å². The lowest BCUT2D eigenvalue weighted by Gasteiger charge is -2.09. The summed E-state index contributed by atoms with van der Waals surface area (Å²) in [4.78, 5) is 15.5. The minimum Gasteiger partial charge on any atom is -0.478 e. The molecule has 0 bridgehead atoms. The molecule has 4 heteroatoms. The molecule has 2 N–H and O–H groups in total. The van der Waals surface area contributed by atoms with E-state index in [0.29, 0.717) is 18.8 Å². The van der Waals surface area contributed by atoms with Crippen LogP contribution in [0.15, 0.2) is 36.4 Å². The fourth-order valence-electron chi connectivity index (χ4n) is 2.07. The SMILES string of the molecule is CCc1ccc(CNc2cc(C(=O)O)cc(CC)n2)cc1. The summed E-state index contributed by atoms with van der Waals surface area (Å²) in [5, 5.41) is 12.3. The van der Waals surface area contributed by atoms with E-state index >= 15 is 0 Å². The van der Waals surface area contributed by atoms with E-state index in [0.717, 1.165) is 17.7 Å². The van der Waals surface area contributed by atoms with Crippen molar-refractivity contribution in [2.75, 3.05) is 5.32 Å². The lowest BCUT2D eigenvalue weighted by atomic mass is 10.1. The van der Waals surface area contributed by atoms with Gasteiger partial charge in [0, 0.05) is 12.2 Å². The highest BCUT2D eigenvalue weighted by atomic mass is 16.4. The Labute approximate surface area is 124 Å². The Balaban J connectivity index is 2.11. The van der Waals surface area contributed by atoms with Crippen molar-refractivity contribution in [2.45, 2.75) is 33.2 Å². The zero-order valence-corrected chi connectivity index (χ0v) is 12.4. The number of aromatic nitrogens is 1. The molecule has 0 spiro atoms. The van der Waals surface area contributed by atoms with E-state index in [2.05, 4.69) is 41.5 Å². The maximum Gasteiger partial charge on any atom is 0.335 e. The van der Waals surface area contributed by atoms with E-state index in [1.54, 1.807) is 12.1 Å². The number of aromatic carboxylic acids is 1. The van der Waals surface area contributed by atoms with E-state index in [4.69, 9.17) is 5.11 Å². The Morgan fingerprint density at radius 2 is 1.76 bits per heavy atom. The number of carboxylic acid groups (broad SMARTS) is 1. The Bertz CT molecular complexity index is 621. The van der Waals surface area contributed by atoms with Gasteiger partial charge in [0.1, 0.15) is 5.82 Å². The molecule has 1 aromatic heterocycles. The highest BCUT2D eigenvalue weighted by molar-refractivity contribution is 5.88. The Hall–Kier alpha value is -2.36. The van der Waals surface area contributed by atoms with Crippen LogP contribution in [-0.2, 0) is 19.4 Å². The van der Waals surface area contributed by atoms with Crippen molar-refractivity contribution in [3.05, 3.63) is 58.8 Å². The molecule has 21 heavy (non-hydrogen) atoms. The number of nitrogens with zero attached hydrogens (tertiary/aromatic N) is 1. The van der Waals surface area contributed by atoms with Gasteiger partial charge in [-0.1, -0.05) is 38.1 Å². The van der Waals surface area contributed by atoms with Crippen LogP contribution in [0.2, 0.25) is 0 Å². The van der Waals surface area contributed by atoms with Gasteiger partial charge in [-0.25, -0.2) is 9.78 Å². The highest BCUT2D eigenvalue weighted by Crippen LogP contribution is 2.13. The summed E-state index contributed by atoms with van der Waals surface area (Å²) in [6.07, 6.45) is 1.73. The third-order valence-electron chi connectivity index (χ3n) is 3.39. The zero-order chi connectivity index (χ0) is 15.2. The molecule has 0 amide bonds. The lowest BCUT2D eigenvalue weighted by molar-refractivity contribution is 0.0696. The summed E-state index contributed by atoms with van der Waals surface area (Å²) < 4.78 is 0. The number of benzene rings is 1. The maximum atomic E-state index is 11.1. The predicted octanol–water partition coefficient (Wildman–Crippen LogP) is 3.52. The smallest absolute Gasteiger partial charge is 0.335 e. The van der Waals surface area contributed by atoms with E-state index < -0.39 is 5.97 Å². The minimum atomic E-state index is -0.928. The van der Waals surface area contributed by atoms with Crippen LogP contribution in [0, 0.1) is 0 Å². The third-order valence-corrected chi connectivity index (χ3v) is 3.39. The molecule has 2 rings (SSSR count). The summed E-state index contributed by atoms with van der Waals surface area (Å²) in [5.74, 6) is -0.325. The molecule has 110 valence electrons.